The molecule has 2 aromatic carbocycles. The minimum absolute atomic E-state index is 0.164. The average Bonchev–Trinajstić information content (AvgIpc) is 2.68. The van der Waals surface area contributed by atoms with Crippen LogP contribution in [0.25, 0.3) is 10.9 Å². The summed E-state index contributed by atoms with van der Waals surface area (Å²) in [5, 5.41) is 0.559. The van der Waals surface area contributed by atoms with Crippen LogP contribution >= 0.6 is 15.9 Å². The molecule has 0 amide bonds. The van der Waals surface area contributed by atoms with Crippen molar-refractivity contribution >= 4 is 48.5 Å². The Kier molecular flexibility index (Phi) is 6.15. The third-order valence-corrected chi connectivity index (χ3v) is 5.61. The quantitative estimate of drug-likeness (QED) is 0.537. The highest BCUT2D eigenvalue weighted by Crippen LogP contribution is 2.31. The van der Waals surface area contributed by atoms with Crippen molar-refractivity contribution in [2.45, 2.75) is 5.75 Å². The molecule has 0 saturated carbocycles. The number of sulfonamides is 1. The minimum Gasteiger partial charge on any atom is -0.480 e. The number of esters is 1. The highest BCUT2D eigenvalue weighted by molar-refractivity contribution is 9.10. The number of carbonyl (C=O) groups excluding carboxylic acids is 1. The zero-order chi connectivity index (χ0) is 20.1. The molecule has 7 nitrogen and oxygen atoms in total. The summed E-state index contributed by atoms with van der Waals surface area (Å²) in [7, 11) is -2.37. The lowest BCUT2D eigenvalue weighted by Crippen LogP contribution is -2.16. The average molecular weight is 465 g/mol. The van der Waals surface area contributed by atoms with Crippen LogP contribution < -0.4 is 9.46 Å². The molecular weight excluding hydrogens is 448 g/mol. The lowest BCUT2D eigenvalue weighted by Gasteiger charge is -2.13. The van der Waals surface area contributed by atoms with E-state index in [-0.39, 0.29) is 12.4 Å². The molecule has 9 heteroatoms. The molecule has 1 N–H and O–H groups in total. The molecule has 0 spiro atoms. The van der Waals surface area contributed by atoms with Gasteiger partial charge in [-0.1, -0.05) is 28.1 Å². The molecular formula is C19H17BrN2O5S. The molecule has 0 atom stereocenters. The summed E-state index contributed by atoms with van der Waals surface area (Å²) < 4.78 is 38.7. The van der Waals surface area contributed by atoms with Crippen LogP contribution in [0.2, 0.25) is 0 Å². The number of rotatable bonds is 7. The number of pyridine rings is 1. The first-order valence-corrected chi connectivity index (χ1v) is 10.6. The van der Waals surface area contributed by atoms with Gasteiger partial charge in [0.25, 0.3) is 0 Å². The Morgan fingerprint density at radius 1 is 1.14 bits per heavy atom. The van der Waals surface area contributed by atoms with Crippen LogP contribution in [0.5, 0.6) is 5.75 Å². The summed E-state index contributed by atoms with van der Waals surface area (Å²) in [5.74, 6) is -0.331. The van der Waals surface area contributed by atoms with Gasteiger partial charge in [0.1, 0.15) is 11.3 Å². The Hall–Kier alpha value is -2.65. The van der Waals surface area contributed by atoms with Crippen LogP contribution in [-0.2, 0) is 25.3 Å². The van der Waals surface area contributed by atoms with Crippen molar-refractivity contribution in [2.75, 3.05) is 18.4 Å². The van der Waals surface area contributed by atoms with Crippen molar-refractivity contribution in [1.29, 1.82) is 0 Å². The molecule has 0 saturated heterocycles. The summed E-state index contributed by atoms with van der Waals surface area (Å²) in [6.45, 7) is -0.267. The predicted molar refractivity (Wildman–Crippen MR) is 110 cm³/mol. The SMILES string of the molecule is COC(=O)COc1ccc(NS(=O)(=O)Cc2ccc(Br)cc2)c2cccnc12. The van der Waals surface area contributed by atoms with Crippen molar-refractivity contribution in [3.05, 3.63) is 64.8 Å². The second-order valence-corrected chi connectivity index (χ2v) is 8.50. The standard InChI is InChI=1S/C19H17BrN2O5S/c1-26-18(23)11-27-17-9-8-16(15-3-2-10-21-19(15)17)22-28(24,25)12-13-4-6-14(20)7-5-13/h2-10,22H,11-12H2,1H3. The van der Waals surface area contributed by atoms with E-state index in [1.54, 1.807) is 54.7 Å². The first-order chi connectivity index (χ1) is 13.4. The molecule has 3 aromatic rings. The number of carbonyl (C=O) groups is 1. The van der Waals surface area contributed by atoms with Crippen molar-refractivity contribution in [2.24, 2.45) is 0 Å². The maximum atomic E-state index is 12.6. The van der Waals surface area contributed by atoms with E-state index in [1.165, 1.54) is 7.11 Å². The van der Waals surface area contributed by atoms with E-state index >= 15 is 0 Å². The number of aromatic nitrogens is 1. The third-order valence-electron chi connectivity index (χ3n) is 3.84. The molecule has 3 rings (SSSR count). The largest absolute Gasteiger partial charge is 0.480 e. The lowest BCUT2D eigenvalue weighted by molar-refractivity contribution is -0.142. The van der Waals surface area contributed by atoms with Crippen molar-refractivity contribution in [1.82, 2.24) is 4.98 Å². The molecule has 0 aliphatic rings. The minimum atomic E-state index is -3.64. The monoisotopic (exact) mass is 464 g/mol. The molecule has 0 bridgehead atoms. The Bertz CT molecular complexity index is 1100. The fourth-order valence-corrected chi connectivity index (χ4v) is 4.03. The number of hydrogen-bond acceptors (Lipinski definition) is 6. The van der Waals surface area contributed by atoms with Crippen molar-refractivity contribution in [3.63, 3.8) is 0 Å². The molecule has 1 heterocycles. The number of nitrogens with one attached hydrogen (secondary N) is 1. The van der Waals surface area contributed by atoms with Gasteiger partial charge >= 0.3 is 5.97 Å². The first-order valence-electron chi connectivity index (χ1n) is 8.20. The van der Waals surface area contributed by atoms with Crippen molar-refractivity contribution in [3.8, 4) is 5.75 Å². The van der Waals surface area contributed by atoms with Crippen molar-refractivity contribution < 1.29 is 22.7 Å². The predicted octanol–water partition coefficient (Wildman–Crippen LogP) is 3.49. The topological polar surface area (TPSA) is 94.6 Å². The number of nitrogens with zero attached hydrogens (tertiary/aromatic N) is 1. The van der Waals surface area contributed by atoms with Crippen LogP contribution in [0.3, 0.4) is 0 Å². The normalized spacial score (nSPS) is 11.2. The van der Waals surface area contributed by atoms with Gasteiger partial charge in [0.15, 0.2) is 6.61 Å². The number of hydrogen-bond donors (Lipinski definition) is 1. The van der Waals surface area contributed by atoms with E-state index in [1.807, 2.05) is 0 Å². The van der Waals surface area contributed by atoms with Crippen LogP contribution in [0.4, 0.5) is 5.69 Å². The fraction of sp³-hybridized carbons (Fsp3) is 0.158. The first kappa shape index (κ1) is 20.1. The lowest BCUT2D eigenvalue weighted by atomic mass is 10.2. The fourth-order valence-electron chi connectivity index (χ4n) is 2.55. The molecule has 0 fully saturated rings. The van der Waals surface area contributed by atoms with Gasteiger partial charge in [0, 0.05) is 16.1 Å². The van der Waals surface area contributed by atoms with Gasteiger partial charge in [-0.05, 0) is 42.0 Å². The Labute approximate surface area is 170 Å². The summed E-state index contributed by atoms with van der Waals surface area (Å²) in [6.07, 6.45) is 1.56. The number of benzene rings is 2. The van der Waals surface area contributed by atoms with E-state index in [2.05, 4.69) is 30.4 Å². The third kappa shape index (κ3) is 4.99. The zero-order valence-electron chi connectivity index (χ0n) is 14.9. The number of methoxy groups -OCH3 is 1. The van der Waals surface area contributed by atoms with Crippen LogP contribution in [0.15, 0.2) is 59.2 Å². The number of anilines is 1. The van der Waals surface area contributed by atoms with E-state index in [9.17, 15) is 13.2 Å². The van der Waals surface area contributed by atoms with Crippen LogP contribution in [0.1, 0.15) is 5.56 Å². The molecule has 0 radical (unpaired) electrons. The summed E-state index contributed by atoms with van der Waals surface area (Å²) in [5.41, 5.74) is 1.48. The maximum absolute atomic E-state index is 12.6. The molecule has 1 aromatic heterocycles. The van der Waals surface area contributed by atoms with Gasteiger partial charge in [-0.15, -0.1) is 0 Å². The Morgan fingerprint density at radius 3 is 2.61 bits per heavy atom. The van der Waals surface area contributed by atoms with Gasteiger partial charge in [0.05, 0.1) is 18.6 Å². The summed E-state index contributed by atoms with van der Waals surface area (Å²) in [6, 6.07) is 13.6. The molecule has 0 aliphatic heterocycles. The van der Waals surface area contributed by atoms with Gasteiger partial charge < -0.3 is 9.47 Å². The highest BCUT2D eigenvalue weighted by Gasteiger charge is 2.16. The second kappa shape index (κ2) is 8.57. The van der Waals surface area contributed by atoms with E-state index < -0.39 is 16.0 Å². The number of ether oxygens (including phenoxy) is 2. The van der Waals surface area contributed by atoms with E-state index in [4.69, 9.17) is 4.74 Å². The van der Waals surface area contributed by atoms with Crippen LogP contribution in [0, 0.1) is 0 Å². The number of fused-ring (bicyclic) bond motifs is 1. The summed E-state index contributed by atoms with van der Waals surface area (Å²) in [4.78, 5) is 15.6. The molecule has 28 heavy (non-hydrogen) atoms. The molecule has 0 unspecified atom stereocenters. The van der Waals surface area contributed by atoms with E-state index in [0.717, 1.165) is 4.47 Å². The Balaban J connectivity index is 1.86. The van der Waals surface area contributed by atoms with Gasteiger partial charge in [0.2, 0.25) is 10.0 Å². The van der Waals surface area contributed by atoms with Gasteiger partial charge in [-0.3, -0.25) is 9.71 Å². The smallest absolute Gasteiger partial charge is 0.343 e. The van der Waals surface area contributed by atoms with Gasteiger partial charge in [-0.25, -0.2) is 13.2 Å². The number of halogens is 1. The zero-order valence-corrected chi connectivity index (χ0v) is 17.3. The maximum Gasteiger partial charge on any atom is 0.343 e. The second-order valence-electron chi connectivity index (χ2n) is 5.86. The molecule has 0 aliphatic carbocycles. The van der Waals surface area contributed by atoms with Crippen LogP contribution in [-0.4, -0.2) is 33.1 Å². The van der Waals surface area contributed by atoms with E-state index in [0.29, 0.717) is 27.9 Å². The molecule has 146 valence electrons. The highest BCUT2D eigenvalue weighted by atomic mass is 79.9. The summed E-state index contributed by atoms with van der Waals surface area (Å²) >= 11 is 3.33. The van der Waals surface area contributed by atoms with Gasteiger partial charge in [-0.2, -0.15) is 0 Å². The Morgan fingerprint density at radius 2 is 1.89 bits per heavy atom.